The number of benzene rings is 1. The summed E-state index contributed by atoms with van der Waals surface area (Å²) < 4.78 is 7.67. The maximum absolute atomic E-state index is 13.5. The summed E-state index contributed by atoms with van der Waals surface area (Å²) in [6, 6.07) is 14.3. The Morgan fingerprint density at radius 3 is 2.65 bits per heavy atom. The van der Waals surface area contributed by atoms with Gasteiger partial charge in [-0.1, -0.05) is 36.4 Å². The van der Waals surface area contributed by atoms with E-state index in [9.17, 15) is 4.79 Å². The Balaban J connectivity index is 1.30. The molecule has 1 amide bonds. The monoisotopic (exact) mass is 436 g/mol. The Hall–Kier alpha value is -2.48. The number of piperazine rings is 1. The lowest BCUT2D eigenvalue weighted by Gasteiger charge is -2.35. The molecule has 2 aliphatic rings. The molecule has 1 atom stereocenters. The summed E-state index contributed by atoms with van der Waals surface area (Å²) in [6.45, 7) is 5.83. The highest BCUT2D eigenvalue weighted by atomic mass is 32.1. The van der Waals surface area contributed by atoms with Crippen LogP contribution in [0.5, 0.6) is 0 Å². The summed E-state index contributed by atoms with van der Waals surface area (Å²) in [4.78, 5) is 18.9. The number of carbonyl (C=O) groups excluding carboxylic acids is 1. The smallest absolute Gasteiger partial charge is 0.257 e. The van der Waals surface area contributed by atoms with Crippen molar-refractivity contribution in [3.63, 3.8) is 0 Å². The van der Waals surface area contributed by atoms with Crippen LogP contribution in [0.4, 0.5) is 0 Å². The highest BCUT2D eigenvalue weighted by molar-refractivity contribution is 7.13. The molecule has 6 nitrogen and oxygen atoms in total. The predicted molar refractivity (Wildman–Crippen MR) is 122 cm³/mol. The molecule has 2 saturated heterocycles. The molecule has 162 valence electrons. The van der Waals surface area contributed by atoms with Crippen molar-refractivity contribution in [2.24, 2.45) is 0 Å². The van der Waals surface area contributed by atoms with E-state index < -0.39 is 0 Å². The molecule has 2 fully saturated rings. The third-order valence-electron chi connectivity index (χ3n) is 6.08. The minimum absolute atomic E-state index is 0.0829. The average Bonchev–Trinajstić information content (AvgIpc) is 3.57. The Labute approximate surface area is 187 Å². The summed E-state index contributed by atoms with van der Waals surface area (Å²) >= 11 is 1.62. The van der Waals surface area contributed by atoms with Crippen molar-refractivity contribution in [2.75, 3.05) is 39.3 Å². The van der Waals surface area contributed by atoms with Gasteiger partial charge >= 0.3 is 0 Å². The van der Waals surface area contributed by atoms with E-state index in [1.54, 1.807) is 11.3 Å². The van der Waals surface area contributed by atoms with E-state index in [1.165, 1.54) is 12.0 Å². The largest absolute Gasteiger partial charge is 0.377 e. The number of carbonyl (C=O) groups is 1. The minimum atomic E-state index is 0.0829. The van der Waals surface area contributed by atoms with Crippen molar-refractivity contribution >= 4 is 17.2 Å². The van der Waals surface area contributed by atoms with E-state index >= 15 is 0 Å². The average molecular weight is 437 g/mol. The van der Waals surface area contributed by atoms with Gasteiger partial charge in [-0.3, -0.25) is 14.4 Å². The summed E-state index contributed by atoms with van der Waals surface area (Å²) in [6.07, 6.45) is 4.61. The van der Waals surface area contributed by atoms with Crippen LogP contribution in [0, 0.1) is 0 Å². The van der Waals surface area contributed by atoms with Crippen LogP contribution >= 0.6 is 11.3 Å². The van der Waals surface area contributed by atoms with Crippen LogP contribution in [0.25, 0.3) is 10.6 Å². The second-order valence-electron chi connectivity index (χ2n) is 8.28. The molecule has 3 aromatic rings. The number of amides is 1. The number of hydrogen-bond donors (Lipinski definition) is 0. The van der Waals surface area contributed by atoms with Gasteiger partial charge in [0.05, 0.1) is 23.1 Å². The van der Waals surface area contributed by atoms with Gasteiger partial charge in [0, 0.05) is 45.5 Å². The number of aromatic nitrogens is 2. The van der Waals surface area contributed by atoms with Crippen molar-refractivity contribution < 1.29 is 9.53 Å². The molecule has 0 N–H and O–H groups in total. The number of rotatable bonds is 6. The standard InChI is InChI=1S/C24H28N4O2S/c29-24(27-12-10-26(11-13-27)17-20-8-4-14-30-20)21-18-28(16-19-6-2-1-3-7-19)25-23(21)22-9-5-15-31-22/h1-3,5-7,9,15,18,20H,4,8,10-14,16-17H2. The van der Waals surface area contributed by atoms with E-state index in [-0.39, 0.29) is 5.91 Å². The molecule has 4 heterocycles. The first-order chi connectivity index (χ1) is 15.3. The van der Waals surface area contributed by atoms with Crippen molar-refractivity contribution in [1.29, 1.82) is 0 Å². The molecule has 2 aliphatic heterocycles. The Kier molecular flexibility index (Phi) is 6.15. The van der Waals surface area contributed by atoms with Gasteiger partial charge in [-0.25, -0.2) is 0 Å². The topological polar surface area (TPSA) is 50.6 Å². The van der Waals surface area contributed by atoms with Gasteiger partial charge in [0.2, 0.25) is 0 Å². The van der Waals surface area contributed by atoms with Crippen LogP contribution < -0.4 is 0 Å². The van der Waals surface area contributed by atoms with Crippen molar-refractivity contribution in [3.8, 4) is 10.6 Å². The second kappa shape index (κ2) is 9.34. The van der Waals surface area contributed by atoms with Gasteiger partial charge in [0.25, 0.3) is 5.91 Å². The predicted octanol–water partition coefficient (Wildman–Crippen LogP) is 3.60. The van der Waals surface area contributed by atoms with Crippen LogP contribution in [-0.4, -0.2) is 70.9 Å². The molecule has 31 heavy (non-hydrogen) atoms. The molecule has 5 rings (SSSR count). The third kappa shape index (κ3) is 4.74. The molecule has 0 aliphatic carbocycles. The Morgan fingerprint density at radius 1 is 1.10 bits per heavy atom. The molecule has 0 bridgehead atoms. The fourth-order valence-corrected chi connectivity index (χ4v) is 5.13. The molecular weight excluding hydrogens is 408 g/mol. The lowest BCUT2D eigenvalue weighted by atomic mass is 10.1. The van der Waals surface area contributed by atoms with Crippen molar-refractivity contribution in [3.05, 3.63) is 65.2 Å². The quantitative estimate of drug-likeness (QED) is 0.593. The van der Waals surface area contributed by atoms with E-state index in [0.29, 0.717) is 18.2 Å². The number of thiophene rings is 1. The Bertz CT molecular complexity index is 988. The summed E-state index contributed by atoms with van der Waals surface area (Å²) in [5.41, 5.74) is 2.66. The lowest BCUT2D eigenvalue weighted by molar-refractivity contribution is 0.0433. The zero-order valence-electron chi connectivity index (χ0n) is 17.7. The maximum Gasteiger partial charge on any atom is 0.257 e. The summed E-state index contributed by atoms with van der Waals surface area (Å²) in [7, 11) is 0. The minimum Gasteiger partial charge on any atom is -0.377 e. The number of hydrogen-bond acceptors (Lipinski definition) is 5. The highest BCUT2D eigenvalue weighted by Gasteiger charge is 2.28. The molecule has 1 unspecified atom stereocenters. The molecule has 0 radical (unpaired) electrons. The second-order valence-corrected chi connectivity index (χ2v) is 9.23. The summed E-state index contributed by atoms with van der Waals surface area (Å²) in [5.74, 6) is 0.0829. The van der Waals surface area contributed by atoms with Gasteiger partial charge in [0.15, 0.2) is 0 Å². The third-order valence-corrected chi connectivity index (χ3v) is 6.96. The zero-order chi connectivity index (χ0) is 21.0. The first-order valence-electron chi connectivity index (χ1n) is 11.0. The SMILES string of the molecule is O=C(c1cn(Cc2ccccc2)nc1-c1cccs1)N1CCN(CC2CCCO2)CC1. The zero-order valence-corrected chi connectivity index (χ0v) is 18.5. The van der Waals surface area contributed by atoms with Gasteiger partial charge in [-0.05, 0) is 29.9 Å². The van der Waals surface area contributed by atoms with Crippen molar-refractivity contribution in [2.45, 2.75) is 25.5 Å². The number of nitrogens with zero attached hydrogens (tertiary/aromatic N) is 4. The normalized spacial score (nSPS) is 19.7. The first kappa shape index (κ1) is 20.4. The van der Waals surface area contributed by atoms with Gasteiger partial charge in [0.1, 0.15) is 5.69 Å². The van der Waals surface area contributed by atoms with Crippen LogP contribution in [0.3, 0.4) is 0 Å². The summed E-state index contributed by atoms with van der Waals surface area (Å²) in [5, 5.41) is 6.83. The Morgan fingerprint density at radius 2 is 1.94 bits per heavy atom. The fourth-order valence-electron chi connectivity index (χ4n) is 4.40. The molecule has 2 aromatic heterocycles. The highest BCUT2D eigenvalue weighted by Crippen LogP contribution is 2.28. The molecule has 1 aromatic carbocycles. The van der Waals surface area contributed by atoms with E-state index in [1.807, 2.05) is 51.5 Å². The molecule has 0 spiro atoms. The van der Waals surface area contributed by atoms with E-state index in [0.717, 1.165) is 56.3 Å². The fraction of sp³-hybridized carbons (Fsp3) is 0.417. The van der Waals surface area contributed by atoms with Gasteiger partial charge < -0.3 is 9.64 Å². The van der Waals surface area contributed by atoms with Crippen LogP contribution in [0.2, 0.25) is 0 Å². The first-order valence-corrected chi connectivity index (χ1v) is 11.9. The maximum atomic E-state index is 13.5. The van der Waals surface area contributed by atoms with Gasteiger partial charge in [-0.2, -0.15) is 5.10 Å². The van der Waals surface area contributed by atoms with E-state index in [2.05, 4.69) is 17.0 Å². The van der Waals surface area contributed by atoms with Crippen LogP contribution in [0.1, 0.15) is 28.8 Å². The van der Waals surface area contributed by atoms with Gasteiger partial charge in [-0.15, -0.1) is 11.3 Å². The van der Waals surface area contributed by atoms with Crippen molar-refractivity contribution in [1.82, 2.24) is 19.6 Å². The molecule has 7 heteroatoms. The van der Waals surface area contributed by atoms with E-state index in [4.69, 9.17) is 9.84 Å². The van der Waals surface area contributed by atoms with Crippen LogP contribution in [-0.2, 0) is 11.3 Å². The molecular formula is C24H28N4O2S. The number of ether oxygens (including phenoxy) is 1. The molecule has 0 saturated carbocycles. The van der Waals surface area contributed by atoms with Crippen LogP contribution in [0.15, 0.2) is 54.0 Å². The lowest BCUT2D eigenvalue weighted by Crippen LogP contribution is -2.50.